The Balaban J connectivity index is 1.79. The Hall–Kier alpha value is -2.87. The third-order valence-corrected chi connectivity index (χ3v) is 4.34. The van der Waals surface area contributed by atoms with Crippen LogP contribution >= 0.6 is 0 Å². The van der Waals surface area contributed by atoms with E-state index in [0.717, 1.165) is 5.71 Å². The summed E-state index contributed by atoms with van der Waals surface area (Å²) in [6.45, 7) is 0. The molecule has 0 spiro atoms. The van der Waals surface area contributed by atoms with Crippen LogP contribution in [0.4, 0.5) is 0 Å². The lowest BCUT2D eigenvalue weighted by Gasteiger charge is -2.22. The molecule has 2 unspecified atom stereocenters. The van der Waals surface area contributed by atoms with Crippen molar-refractivity contribution >= 4 is 5.71 Å². The normalized spacial score (nSPS) is 19.9. The van der Waals surface area contributed by atoms with Crippen LogP contribution in [0.2, 0.25) is 0 Å². The molecule has 23 heavy (non-hydrogen) atoms. The highest BCUT2D eigenvalue weighted by Gasteiger charge is 2.34. The van der Waals surface area contributed by atoms with Gasteiger partial charge in [0, 0.05) is 0 Å². The molecular formula is C21H18N2. The van der Waals surface area contributed by atoms with Gasteiger partial charge in [0.25, 0.3) is 0 Å². The number of benzene rings is 3. The van der Waals surface area contributed by atoms with E-state index in [1.807, 2.05) is 6.07 Å². The summed E-state index contributed by atoms with van der Waals surface area (Å²) in [5, 5.41) is 4.69. The van der Waals surface area contributed by atoms with Crippen LogP contribution in [-0.2, 0) is 0 Å². The Morgan fingerprint density at radius 1 is 0.609 bits per heavy atom. The number of rotatable bonds is 3. The molecule has 2 nitrogen and oxygen atoms in total. The monoisotopic (exact) mass is 298 g/mol. The molecule has 1 N–H and O–H groups in total. The van der Waals surface area contributed by atoms with E-state index in [2.05, 4.69) is 95.5 Å². The highest BCUT2D eigenvalue weighted by atomic mass is 15.3. The molecule has 2 atom stereocenters. The minimum atomic E-state index is 0.161. The van der Waals surface area contributed by atoms with Gasteiger partial charge in [-0.05, 0) is 16.7 Å². The largest absolute Gasteiger partial charge is 0.301 e. The molecule has 0 saturated heterocycles. The molecule has 0 fully saturated rings. The Bertz CT molecular complexity index is 795. The van der Waals surface area contributed by atoms with E-state index in [9.17, 15) is 0 Å². The van der Waals surface area contributed by atoms with Crippen LogP contribution in [0.15, 0.2) is 96.1 Å². The first-order valence-corrected chi connectivity index (χ1v) is 7.92. The van der Waals surface area contributed by atoms with E-state index < -0.39 is 0 Å². The Kier molecular flexibility index (Phi) is 3.65. The van der Waals surface area contributed by atoms with Gasteiger partial charge in [0.2, 0.25) is 0 Å². The zero-order chi connectivity index (χ0) is 15.5. The predicted octanol–water partition coefficient (Wildman–Crippen LogP) is 4.52. The molecule has 0 saturated carbocycles. The molecule has 3 aromatic rings. The van der Waals surface area contributed by atoms with Gasteiger partial charge < -0.3 is 5.43 Å². The van der Waals surface area contributed by atoms with E-state index >= 15 is 0 Å². The van der Waals surface area contributed by atoms with Gasteiger partial charge in [0.05, 0.1) is 17.7 Å². The van der Waals surface area contributed by atoms with E-state index in [1.54, 1.807) is 0 Å². The lowest BCUT2D eigenvalue weighted by atomic mass is 9.82. The number of hydrogen-bond acceptors (Lipinski definition) is 2. The van der Waals surface area contributed by atoms with Crippen LogP contribution in [0, 0.1) is 0 Å². The number of hydrazone groups is 1. The summed E-state index contributed by atoms with van der Waals surface area (Å²) >= 11 is 0. The smallest absolute Gasteiger partial charge is 0.0814 e. The Labute approximate surface area is 136 Å². The average Bonchev–Trinajstić information content (AvgIpc) is 3.09. The SMILES string of the molecule is c1ccc(C2=NNC(c3ccccc3)C2c2ccccc2)cc1. The van der Waals surface area contributed by atoms with Crippen molar-refractivity contribution in [1.82, 2.24) is 5.43 Å². The standard InChI is InChI=1S/C21H18N2/c1-4-10-16(11-5-1)19-20(17-12-6-2-7-13-17)22-23-21(19)18-14-8-3-9-15-18/h1-15,19-20,22H. The lowest BCUT2D eigenvalue weighted by Crippen LogP contribution is -2.20. The molecular weight excluding hydrogens is 280 g/mol. The van der Waals surface area contributed by atoms with Gasteiger partial charge in [-0.2, -0.15) is 5.10 Å². The van der Waals surface area contributed by atoms with E-state index in [1.165, 1.54) is 16.7 Å². The van der Waals surface area contributed by atoms with Crippen LogP contribution in [-0.4, -0.2) is 5.71 Å². The Morgan fingerprint density at radius 3 is 1.74 bits per heavy atom. The van der Waals surface area contributed by atoms with Gasteiger partial charge in [-0.15, -0.1) is 0 Å². The third kappa shape index (κ3) is 2.64. The molecule has 1 aliphatic rings. The van der Waals surface area contributed by atoms with Gasteiger partial charge in [-0.3, -0.25) is 0 Å². The maximum absolute atomic E-state index is 4.69. The van der Waals surface area contributed by atoms with Crippen LogP contribution in [0.1, 0.15) is 28.7 Å². The molecule has 1 aliphatic heterocycles. The summed E-state index contributed by atoms with van der Waals surface area (Å²) in [5.74, 6) is 0.209. The molecule has 0 aromatic heterocycles. The van der Waals surface area contributed by atoms with E-state index in [-0.39, 0.29) is 12.0 Å². The first-order valence-electron chi connectivity index (χ1n) is 7.92. The van der Waals surface area contributed by atoms with Crippen molar-refractivity contribution in [2.75, 3.05) is 0 Å². The third-order valence-electron chi connectivity index (χ3n) is 4.34. The molecule has 2 heteroatoms. The second-order valence-electron chi connectivity index (χ2n) is 5.77. The number of nitrogens with zero attached hydrogens (tertiary/aromatic N) is 1. The summed E-state index contributed by atoms with van der Waals surface area (Å²) in [6.07, 6.45) is 0. The maximum atomic E-state index is 4.69. The van der Waals surface area contributed by atoms with Crippen molar-refractivity contribution in [2.45, 2.75) is 12.0 Å². The van der Waals surface area contributed by atoms with Crippen molar-refractivity contribution in [2.24, 2.45) is 5.10 Å². The molecule has 0 radical (unpaired) electrons. The first-order chi connectivity index (χ1) is 11.4. The minimum absolute atomic E-state index is 0.161. The van der Waals surface area contributed by atoms with Crippen molar-refractivity contribution < 1.29 is 0 Å². The summed E-state index contributed by atoms with van der Waals surface area (Å²) in [6, 6.07) is 31.8. The highest BCUT2D eigenvalue weighted by Crippen LogP contribution is 2.37. The van der Waals surface area contributed by atoms with E-state index in [4.69, 9.17) is 0 Å². The van der Waals surface area contributed by atoms with Crippen molar-refractivity contribution in [3.8, 4) is 0 Å². The first kappa shape index (κ1) is 13.8. The second kappa shape index (κ2) is 6.09. The van der Waals surface area contributed by atoms with Crippen molar-refractivity contribution in [3.63, 3.8) is 0 Å². The zero-order valence-corrected chi connectivity index (χ0v) is 12.8. The quantitative estimate of drug-likeness (QED) is 0.755. The molecule has 1 heterocycles. The summed E-state index contributed by atoms with van der Waals surface area (Å²) in [7, 11) is 0. The van der Waals surface area contributed by atoms with E-state index in [0.29, 0.717) is 0 Å². The maximum Gasteiger partial charge on any atom is 0.0814 e. The van der Waals surface area contributed by atoms with Crippen LogP contribution < -0.4 is 5.43 Å². The van der Waals surface area contributed by atoms with Gasteiger partial charge in [-0.25, -0.2) is 0 Å². The van der Waals surface area contributed by atoms with Gasteiger partial charge >= 0.3 is 0 Å². The van der Waals surface area contributed by atoms with Gasteiger partial charge in [0.1, 0.15) is 0 Å². The van der Waals surface area contributed by atoms with Crippen LogP contribution in [0.5, 0.6) is 0 Å². The molecule has 112 valence electrons. The topological polar surface area (TPSA) is 24.4 Å². The number of hydrogen-bond donors (Lipinski definition) is 1. The molecule has 0 aliphatic carbocycles. The fourth-order valence-electron chi connectivity index (χ4n) is 3.23. The second-order valence-corrected chi connectivity index (χ2v) is 5.77. The average molecular weight is 298 g/mol. The fraction of sp³-hybridized carbons (Fsp3) is 0.0952. The van der Waals surface area contributed by atoms with Gasteiger partial charge in [0.15, 0.2) is 0 Å². The zero-order valence-electron chi connectivity index (χ0n) is 12.8. The molecule has 0 amide bonds. The summed E-state index contributed by atoms with van der Waals surface area (Å²) < 4.78 is 0. The van der Waals surface area contributed by atoms with Crippen LogP contribution in [0.25, 0.3) is 0 Å². The Morgan fingerprint density at radius 2 is 1.13 bits per heavy atom. The lowest BCUT2D eigenvalue weighted by molar-refractivity contribution is 0.573. The molecule has 4 rings (SSSR count). The minimum Gasteiger partial charge on any atom is -0.301 e. The predicted molar refractivity (Wildman–Crippen MR) is 94.5 cm³/mol. The molecule has 3 aromatic carbocycles. The summed E-state index contributed by atoms with van der Waals surface area (Å²) in [5.41, 5.74) is 8.18. The van der Waals surface area contributed by atoms with Crippen molar-refractivity contribution in [1.29, 1.82) is 0 Å². The number of nitrogens with one attached hydrogen (secondary N) is 1. The highest BCUT2D eigenvalue weighted by molar-refractivity contribution is 6.06. The summed E-state index contributed by atoms with van der Waals surface area (Å²) in [4.78, 5) is 0. The van der Waals surface area contributed by atoms with Gasteiger partial charge in [-0.1, -0.05) is 91.0 Å². The van der Waals surface area contributed by atoms with Crippen LogP contribution in [0.3, 0.4) is 0 Å². The fourth-order valence-corrected chi connectivity index (χ4v) is 3.23. The molecule has 0 bridgehead atoms. The van der Waals surface area contributed by atoms with Crippen molar-refractivity contribution in [3.05, 3.63) is 108 Å².